The third-order valence-electron chi connectivity index (χ3n) is 4.83. The van der Waals surface area contributed by atoms with Gasteiger partial charge in [-0.15, -0.1) is 0 Å². The molecule has 2 amide bonds. The zero-order valence-corrected chi connectivity index (χ0v) is 16.9. The molecule has 1 aliphatic carbocycles. The van der Waals surface area contributed by atoms with Gasteiger partial charge in [-0.1, -0.05) is 30.7 Å². The molecule has 0 saturated heterocycles. The van der Waals surface area contributed by atoms with Gasteiger partial charge in [0.1, 0.15) is 0 Å². The Morgan fingerprint density at radius 3 is 2.41 bits per heavy atom. The Balaban J connectivity index is 1.86. The van der Waals surface area contributed by atoms with E-state index in [4.69, 9.17) is 16.7 Å². The number of hydrogen-bond donors (Lipinski definition) is 3. The summed E-state index contributed by atoms with van der Waals surface area (Å²) < 4.78 is 0. The fourth-order valence-corrected chi connectivity index (χ4v) is 3.48. The SMILES string of the molecule is CCN(CC(=O)O)C1CC(NC(=O)NC(CN(C)C)c2ccc(Cl)cc2)C1. The van der Waals surface area contributed by atoms with Crippen LogP contribution in [0.15, 0.2) is 24.3 Å². The normalized spacial score (nSPS) is 20.2. The van der Waals surface area contributed by atoms with Crippen LogP contribution in [0, 0.1) is 0 Å². The summed E-state index contributed by atoms with van der Waals surface area (Å²) in [4.78, 5) is 27.3. The number of halogens is 1. The average molecular weight is 397 g/mol. The van der Waals surface area contributed by atoms with Crippen molar-refractivity contribution in [2.24, 2.45) is 0 Å². The minimum Gasteiger partial charge on any atom is -0.480 e. The molecule has 1 aromatic rings. The van der Waals surface area contributed by atoms with E-state index in [9.17, 15) is 9.59 Å². The molecule has 1 saturated carbocycles. The fourth-order valence-electron chi connectivity index (χ4n) is 3.36. The second kappa shape index (κ2) is 9.92. The van der Waals surface area contributed by atoms with Crippen LogP contribution in [0.3, 0.4) is 0 Å². The highest BCUT2D eigenvalue weighted by molar-refractivity contribution is 6.30. The first kappa shape index (κ1) is 21.5. The van der Waals surface area contributed by atoms with Crippen LogP contribution in [0.1, 0.15) is 31.4 Å². The van der Waals surface area contributed by atoms with Gasteiger partial charge >= 0.3 is 12.0 Å². The highest BCUT2D eigenvalue weighted by Gasteiger charge is 2.34. The van der Waals surface area contributed by atoms with Crippen LogP contribution in [0.25, 0.3) is 0 Å². The van der Waals surface area contributed by atoms with Crippen LogP contribution >= 0.6 is 11.6 Å². The Morgan fingerprint density at radius 2 is 1.89 bits per heavy atom. The Hall–Kier alpha value is -1.83. The van der Waals surface area contributed by atoms with E-state index in [-0.39, 0.29) is 30.7 Å². The van der Waals surface area contributed by atoms with E-state index in [2.05, 4.69) is 10.6 Å². The van der Waals surface area contributed by atoms with Gasteiger partial charge in [-0.2, -0.15) is 0 Å². The third-order valence-corrected chi connectivity index (χ3v) is 5.09. The predicted octanol–water partition coefficient (Wildman–Crippen LogP) is 2.18. The highest BCUT2D eigenvalue weighted by atomic mass is 35.5. The minimum atomic E-state index is -0.819. The molecule has 3 N–H and O–H groups in total. The van der Waals surface area contributed by atoms with Gasteiger partial charge in [-0.3, -0.25) is 9.69 Å². The second-order valence-electron chi connectivity index (χ2n) is 7.26. The maximum atomic E-state index is 12.4. The summed E-state index contributed by atoms with van der Waals surface area (Å²) >= 11 is 5.95. The van der Waals surface area contributed by atoms with Gasteiger partial charge < -0.3 is 20.6 Å². The standard InChI is InChI=1S/C19H29ClN4O3/c1-4-24(12-18(25)26)16-9-15(10-16)21-19(27)22-17(11-23(2)3)13-5-7-14(20)8-6-13/h5-8,15-17H,4,9-12H2,1-3H3,(H,25,26)(H2,21,22,27). The number of amides is 2. The molecular formula is C19H29ClN4O3. The van der Waals surface area contributed by atoms with Gasteiger partial charge in [0.05, 0.1) is 12.6 Å². The number of urea groups is 1. The number of benzene rings is 1. The summed E-state index contributed by atoms with van der Waals surface area (Å²) in [6.45, 7) is 3.36. The van der Waals surface area contributed by atoms with E-state index in [1.165, 1.54) is 0 Å². The molecule has 150 valence electrons. The lowest BCUT2D eigenvalue weighted by Gasteiger charge is -2.42. The molecule has 0 bridgehead atoms. The van der Waals surface area contributed by atoms with Crippen LogP contribution in [-0.4, -0.2) is 72.7 Å². The molecule has 27 heavy (non-hydrogen) atoms. The first-order chi connectivity index (χ1) is 12.8. The number of aliphatic carboxylic acids is 1. The van der Waals surface area contributed by atoms with Gasteiger partial charge in [0.15, 0.2) is 0 Å². The maximum absolute atomic E-state index is 12.4. The van der Waals surface area contributed by atoms with Crippen molar-refractivity contribution in [3.05, 3.63) is 34.9 Å². The Bertz CT molecular complexity index is 632. The van der Waals surface area contributed by atoms with E-state index < -0.39 is 5.97 Å². The van der Waals surface area contributed by atoms with Crippen molar-refractivity contribution in [1.29, 1.82) is 0 Å². The van der Waals surface area contributed by atoms with Crippen molar-refractivity contribution in [1.82, 2.24) is 20.4 Å². The number of rotatable bonds is 9. The van der Waals surface area contributed by atoms with Gasteiger partial charge in [-0.25, -0.2) is 4.79 Å². The van der Waals surface area contributed by atoms with Gasteiger partial charge in [0.2, 0.25) is 0 Å². The first-order valence-electron chi connectivity index (χ1n) is 9.21. The maximum Gasteiger partial charge on any atom is 0.317 e. The lowest BCUT2D eigenvalue weighted by molar-refractivity contribution is -0.139. The monoisotopic (exact) mass is 396 g/mol. The zero-order valence-electron chi connectivity index (χ0n) is 16.1. The zero-order chi connectivity index (χ0) is 20.0. The number of carbonyl (C=O) groups is 2. The van der Waals surface area contributed by atoms with Crippen LogP contribution in [0.5, 0.6) is 0 Å². The number of nitrogens with zero attached hydrogens (tertiary/aromatic N) is 2. The molecule has 1 aromatic carbocycles. The molecule has 0 heterocycles. The van der Waals surface area contributed by atoms with Crippen molar-refractivity contribution >= 4 is 23.6 Å². The lowest BCUT2D eigenvalue weighted by Crippen LogP contribution is -2.56. The Kier molecular flexibility index (Phi) is 7.89. The number of carbonyl (C=O) groups excluding carboxylic acids is 1. The van der Waals surface area contributed by atoms with Crippen molar-refractivity contribution < 1.29 is 14.7 Å². The summed E-state index contributed by atoms with van der Waals surface area (Å²) in [6.07, 6.45) is 1.54. The van der Waals surface area contributed by atoms with E-state index in [0.29, 0.717) is 18.1 Å². The number of carboxylic acids is 1. The molecule has 1 unspecified atom stereocenters. The van der Waals surface area contributed by atoms with Crippen LogP contribution in [-0.2, 0) is 4.79 Å². The quantitative estimate of drug-likeness (QED) is 0.595. The molecule has 1 fully saturated rings. The van der Waals surface area contributed by atoms with E-state index in [1.807, 2.05) is 55.1 Å². The van der Waals surface area contributed by atoms with E-state index in [1.54, 1.807) is 0 Å². The fraction of sp³-hybridized carbons (Fsp3) is 0.579. The van der Waals surface area contributed by atoms with Crippen molar-refractivity contribution in [2.45, 2.75) is 37.9 Å². The molecule has 1 aliphatic rings. The second-order valence-corrected chi connectivity index (χ2v) is 7.70. The van der Waals surface area contributed by atoms with Crippen LogP contribution in [0.2, 0.25) is 5.02 Å². The Labute approximate surface area is 165 Å². The van der Waals surface area contributed by atoms with E-state index in [0.717, 1.165) is 18.4 Å². The lowest BCUT2D eigenvalue weighted by atomic mass is 9.85. The van der Waals surface area contributed by atoms with Gasteiger partial charge in [0.25, 0.3) is 0 Å². The smallest absolute Gasteiger partial charge is 0.317 e. The van der Waals surface area contributed by atoms with Crippen molar-refractivity contribution in [2.75, 3.05) is 33.7 Å². The summed E-state index contributed by atoms with van der Waals surface area (Å²) in [5, 5.41) is 15.6. The van der Waals surface area contributed by atoms with Gasteiger partial charge in [0, 0.05) is 23.7 Å². The summed E-state index contributed by atoms with van der Waals surface area (Å²) in [5.41, 5.74) is 0.994. The summed E-state index contributed by atoms with van der Waals surface area (Å²) in [6, 6.07) is 7.40. The molecular weight excluding hydrogens is 368 g/mol. The molecule has 0 radical (unpaired) electrons. The number of likely N-dealkylation sites (N-methyl/N-ethyl adjacent to an activating group) is 2. The molecule has 2 rings (SSSR count). The third kappa shape index (κ3) is 6.68. The van der Waals surface area contributed by atoms with Gasteiger partial charge in [-0.05, 0) is 51.2 Å². The van der Waals surface area contributed by atoms with Crippen LogP contribution in [0.4, 0.5) is 4.79 Å². The van der Waals surface area contributed by atoms with Crippen molar-refractivity contribution in [3.8, 4) is 0 Å². The Morgan fingerprint density at radius 1 is 1.26 bits per heavy atom. The predicted molar refractivity (Wildman–Crippen MR) is 106 cm³/mol. The molecule has 0 aliphatic heterocycles. The number of hydrogen-bond acceptors (Lipinski definition) is 4. The topological polar surface area (TPSA) is 84.9 Å². The molecule has 0 aromatic heterocycles. The number of nitrogens with one attached hydrogen (secondary N) is 2. The number of carboxylic acid groups (broad SMARTS) is 1. The van der Waals surface area contributed by atoms with Crippen molar-refractivity contribution in [3.63, 3.8) is 0 Å². The molecule has 8 heteroatoms. The summed E-state index contributed by atoms with van der Waals surface area (Å²) in [5.74, 6) is -0.819. The molecule has 0 spiro atoms. The van der Waals surface area contributed by atoms with Crippen LogP contribution < -0.4 is 10.6 Å². The highest BCUT2D eigenvalue weighted by Crippen LogP contribution is 2.25. The molecule has 1 atom stereocenters. The first-order valence-corrected chi connectivity index (χ1v) is 9.59. The van der Waals surface area contributed by atoms with E-state index >= 15 is 0 Å². The molecule has 7 nitrogen and oxygen atoms in total. The largest absolute Gasteiger partial charge is 0.480 e. The summed E-state index contributed by atoms with van der Waals surface area (Å²) in [7, 11) is 3.92. The minimum absolute atomic E-state index is 0.0432. The average Bonchev–Trinajstić information content (AvgIpc) is 2.55.